The lowest BCUT2D eigenvalue weighted by Crippen LogP contribution is -2.28. The van der Waals surface area contributed by atoms with Crippen LogP contribution in [0.15, 0.2) is 66.7 Å². The average Bonchev–Trinajstić information content (AvgIpc) is 2.84. The highest BCUT2D eigenvalue weighted by atomic mass is 16.5. The highest BCUT2D eigenvalue weighted by Crippen LogP contribution is 2.27. The topological polar surface area (TPSA) is 97.9 Å². The molecule has 3 aromatic rings. The van der Waals surface area contributed by atoms with E-state index in [1.165, 1.54) is 7.11 Å². The van der Waals surface area contributed by atoms with Crippen molar-refractivity contribution in [3.63, 3.8) is 0 Å². The van der Waals surface area contributed by atoms with E-state index < -0.39 is 6.03 Å². The standard InChI is InChI=1S/C25H27N3O5/c1-31-21-11-7-6-10-20(21)28-25(30)27-19-9-5-4-8-18(19)24(29)26-15-14-17-12-13-22(32-2)23(16-17)33-3/h4-13,16H,14-15H2,1-3H3,(H,26,29)(H2,27,28,30). The summed E-state index contributed by atoms with van der Waals surface area (Å²) >= 11 is 0. The number of urea groups is 1. The molecule has 0 spiro atoms. The second-order valence-electron chi connectivity index (χ2n) is 7.02. The molecule has 0 saturated carbocycles. The van der Waals surface area contributed by atoms with Gasteiger partial charge in [0.2, 0.25) is 0 Å². The second-order valence-corrected chi connectivity index (χ2v) is 7.02. The number of rotatable bonds is 9. The van der Waals surface area contributed by atoms with Crippen LogP contribution >= 0.6 is 0 Å². The highest BCUT2D eigenvalue weighted by Gasteiger charge is 2.14. The van der Waals surface area contributed by atoms with Crippen LogP contribution in [0.4, 0.5) is 16.2 Å². The first kappa shape index (κ1) is 23.5. The van der Waals surface area contributed by atoms with Crippen molar-refractivity contribution < 1.29 is 23.8 Å². The van der Waals surface area contributed by atoms with Crippen LogP contribution in [0.1, 0.15) is 15.9 Å². The van der Waals surface area contributed by atoms with Gasteiger partial charge < -0.3 is 30.2 Å². The molecule has 3 N–H and O–H groups in total. The maximum atomic E-state index is 12.8. The van der Waals surface area contributed by atoms with E-state index in [0.717, 1.165) is 5.56 Å². The van der Waals surface area contributed by atoms with Crippen LogP contribution in [-0.2, 0) is 6.42 Å². The van der Waals surface area contributed by atoms with Gasteiger partial charge in [-0.2, -0.15) is 0 Å². The van der Waals surface area contributed by atoms with E-state index in [1.807, 2.05) is 24.3 Å². The lowest BCUT2D eigenvalue weighted by Gasteiger charge is -2.14. The van der Waals surface area contributed by atoms with Gasteiger partial charge in [0.25, 0.3) is 5.91 Å². The number of para-hydroxylation sites is 3. The summed E-state index contributed by atoms with van der Waals surface area (Å²) in [5, 5.41) is 8.35. The molecule has 0 unspecified atom stereocenters. The molecule has 8 heteroatoms. The smallest absolute Gasteiger partial charge is 0.323 e. The maximum Gasteiger partial charge on any atom is 0.323 e. The lowest BCUT2D eigenvalue weighted by molar-refractivity contribution is 0.0955. The molecule has 172 valence electrons. The van der Waals surface area contributed by atoms with Gasteiger partial charge in [-0.3, -0.25) is 4.79 Å². The molecule has 0 heterocycles. The number of hydrogen-bond acceptors (Lipinski definition) is 5. The molecule has 0 aromatic heterocycles. The molecular formula is C25H27N3O5. The Balaban J connectivity index is 1.61. The molecule has 3 aromatic carbocycles. The minimum absolute atomic E-state index is 0.288. The summed E-state index contributed by atoms with van der Waals surface area (Å²) in [4.78, 5) is 25.3. The van der Waals surface area contributed by atoms with Crippen LogP contribution in [0.5, 0.6) is 17.2 Å². The SMILES string of the molecule is COc1ccccc1NC(=O)Nc1ccccc1C(=O)NCCc1ccc(OC)c(OC)c1. The first-order chi connectivity index (χ1) is 16.0. The quantitative estimate of drug-likeness (QED) is 0.452. The largest absolute Gasteiger partial charge is 0.495 e. The van der Waals surface area contributed by atoms with Crippen molar-refractivity contribution in [2.45, 2.75) is 6.42 Å². The molecule has 3 amide bonds. The third-order valence-corrected chi connectivity index (χ3v) is 4.92. The molecule has 0 bridgehead atoms. The Bertz CT molecular complexity index is 1120. The Morgan fingerprint density at radius 2 is 1.36 bits per heavy atom. The zero-order chi connectivity index (χ0) is 23.6. The Morgan fingerprint density at radius 1 is 0.727 bits per heavy atom. The number of amides is 3. The number of hydrogen-bond donors (Lipinski definition) is 3. The molecule has 0 saturated heterocycles. The zero-order valence-electron chi connectivity index (χ0n) is 18.8. The number of benzene rings is 3. The number of ether oxygens (including phenoxy) is 3. The fraction of sp³-hybridized carbons (Fsp3) is 0.200. The van der Waals surface area contributed by atoms with Gasteiger partial charge in [0, 0.05) is 6.54 Å². The minimum atomic E-state index is -0.481. The second kappa shape index (κ2) is 11.4. The van der Waals surface area contributed by atoms with Crippen LogP contribution in [0.25, 0.3) is 0 Å². The van der Waals surface area contributed by atoms with Crippen molar-refractivity contribution in [1.29, 1.82) is 0 Å². The Morgan fingerprint density at radius 3 is 2.09 bits per heavy atom. The van der Waals surface area contributed by atoms with Gasteiger partial charge in [0.15, 0.2) is 11.5 Å². The van der Waals surface area contributed by atoms with E-state index in [0.29, 0.717) is 47.2 Å². The van der Waals surface area contributed by atoms with Gasteiger partial charge in [-0.05, 0) is 48.4 Å². The summed E-state index contributed by atoms with van der Waals surface area (Å²) in [6.07, 6.45) is 0.607. The predicted octanol–water partition coefficient (Wildman–Crippen LogP) is 4.33. The normalized spacial score (nSPS) is 10.2. The van der Waals surface area contributed by atoms with Crippen LogP contribution in [0.3, 0.4) is 0 Å². The van der Waals surface area contributed by atoms with Gasteiger partial charge in [-0.1, -0.05) is 30.3 Å². The summed E-state index contributed by atoms with van der Waals surface area (Å²) in [7, 11) is 4.69. The third-order valence-electron chi connectivity index (χ3n) is 4.92. The van der Waals surface area contributed by atoms with E-state index >= 15 is 0 Å². The molecule has 0 aliphatic rings. The Hall–Kier alpha value is -4.20. The third kappa shape index (κ3) is 6.16. The first-order valence-corrected chi connectivity index (χ1v) is 10.3. The van der Waals surface area contributed by atoms with Crippen molar-refractivity contribution in [2.75, 3.05) is 38.5 Å². The van der Waals surface area contributed by atoms with Gasteiger partial charge in [0.05, 0.1) is 38.3 Å². The summed E-state index contributed by atoms with van der Waals surface area (Å²) in [6.45, 7) is 0.413. The molecule has 33 heavy (non-hydrogen) atoms. The predicted molar refractivity (Wildman–Crippen MR) is 128 cm³/mol. The summed E-state index contributed by atoms with van der Waals surface area (Å²) < 4.78 is 15.8. The summed E-state index contributed by atoms with van der Waals surface area (Å²) in [5.74, 6) is 1.53. The monoisotopic (exact) mass is 449 g/mol. The summed E-state index contributed by atoms with van der Waals surface area (Å²) in [6, 6.07) is 19.0. The van der Waals surface area contributed by atoms with Crippen molar-refractivity contribution >= 4 is 23.3 Å². The van der Waals surface area contributed by atoms with E-state index in [1.54, 1.807) is 56.7 Å². The maximum absolute atomic E-state index is 12.8. The Kier molecular flexibility index (Phi) is 8.13. The van der Waals surface area contributed by atoms with E-state index in [4.69, 9.17) is 14.2 Å². The van der Waals surface area contributed by atoms with E-state index in [9.17, 15) is 9.59 Å². The number of nitrogens with one attached hydrogen (secondary N) is 3. The molecule has 0 aliphatic carbocycles. The molecular weight excluding hydrogens is 422 g/mol. The molecule has 0 radical (unpaired) electrons. The van der Waals surface area contributed by atoms with Gasteiger partial charge in [-0.25, -0.2) is 4.79 Å². The zero-order valence-corrected chi connectivity index (χ0v) is 18.8. The summed E-state index contributed by atoms with van der Waals surface area (Å²) in [5.41, 5.74) is 2.28. The van der Waals surface area contributed by atoms with Crippen LogP contribution in [0.2, 0.25) is 0 Å². The first-order valence-electron chi connectivity index (χ1n) is 10.3. The van der Waals surface area contributed by atoms with Crippen molar-refractivity contribution in [2.24, 2.45) is 0 Å². The van der Waals surface area contributed by atoms with Gasteiger partial charge in [-0.15, -0.1) is 0 Å². The average molecular weight is 450 g/mol. The minimum Gasteiger partial charge on any atom is -0.495 e. The van der Waals surface area contributed by atoms with Gasteiger partial charge >= 0.3 is 6.03 Å². The molecule has 8 nitrogen and oxygen atoms in total. The number of carbonyl (C=O) groups is 2. The number of anilines is 2. The fourth-order valence-corrected chi connectivity index (χ4v) is 3.27. The highest BCUT2D eigenvalue weighted by molar-refractivity contribution is 6.06. The van der Waals surface area contributed by atoms with Crippen molar-refractivity contribution in [3.8, 4) is 17.2 Å². The van der Waals surface area contributed by atoms with E-state index in [-0.39, 0.29) is 5.91 Å². The van der Waals surface area contributed by atoms with Crippen LogP contribution in [-0.4, -0.2) is 39.8 Å². The fourth-order valence-electron chi connectivity index (χ4n) is 3.27. The Labute approximate surface area is 192 Å². The van der Waals surface area contributed by atoms with E-state index in [2.05, 4.69) is 16.0 Å². The molecule has 0 fully saturated rings. The molecule has 3 rings (SSSR count). The van der Waals surface area contributed by atoms with Gasteiger partial charge in [0.1, 0.15) is 5.75 Å². The molecule has 0 aliphatic heterocycles. The van der Waals surface area contributed by atoms with Crippen molar-refractivity contribution in [1.82, 2.24) is 5.32 Å². The lowest BCUT2D eigenvalue weighted by atomic mass is 10.1. The molecule has 0 atom stereocenters. The van der Waals surface area contributed by atoms with Crippen LogP contribution in [0, 0.1) is 0 Å². The number of carbonyl (C=O) groups excluding carboxylic acids is 2. The van der Waals surface area contributed by atoms with Crippen LogP contribution < -0.4 is 30.2 Å². The number of methoxy groups -OCH3 is 3. The van der Waals surface area contributed by atoms with Crippen molar-refractivity contribution in [3.05, 3.63) is 77.9 Å².